The average Bonchev–Trinajstić information content (AvgIpc) is 2.47. The van der Waals surface area contributed by atoms with Gasteiger partial charge < -0.3 is 10.2 Å². The fraction of sp³-hybridized carbons (Fsp3) is 0.688. The molecule has 1 saturated heterocycles. The van der Waals surface area contributed by atoms with Crippen LogP contribution in [0.25, 0.3) is 0 Å². The van der Waals surface area contributed by atoms with E-state index in [-0.39, 0.29) is 0 Å². The SMILES string of the molecule is CCCNc1ncccc1CN(C)C1CCN(C)CC1. The highest BCUT2D eigenvalue weighted by Crippen LogP contribution is 2.19. The van der Waals surface area contributed by atoms with Crippen LogP contribution < -0.4 is 5.32 Å². The van der Waals surface area contributed by atoms with Crippen LogP contribution in [-0.4, -0.2) is 54.6 Å². The Hall–Kier alpha value is -1.13. The van der Waals surface area contributed by atoms with E-state index in [0.717, 1.165) is 25.3 Å². The monoisotopic (exact) mass is 276 g/mol. The standard InChI is InChI=1S/C16H28N4/c1-4-9-17-16-14(6-5-10-18-16)13-20(3)15-7-11-19(2)12-8-15/h5-6,10,15H,4,7-9,11-13H2,1-3H3,(H,17,18). The van der Waals surface area contributed by atoms with E-state index in [1.165, 1.54) is 31.5 Å². The first-order chi connectivity index (χ1) is 9.70. The second-order valence-corrected chi connectivity index (χ2v) is 5.89. The summed E-state index contributed by atoms with van der Waals surface area (Å²) in [5.74, 6) is 1.05. The highest BCUT2D eigenvalue weighted by molar-refractivity contribution is 5.43. The molecule has 0 radical (unpaired) electrons. The smallest absolute Gasteiger partial charge is 0.130 e. The van der Waals surface area contributed by atoms with E-state index in [2.05, 4.69) is 47.2 Å². The normalized spacial score (nSPS) is 17.6. The van der Waals surface area contributed by atoms with Crippen LogP contribution in [0.5, 0.6) is 0 Å². The molecule has 0 bridgehead atoms. The van der Waals surface area contributed by atoms with Gasteiger partial charge in [-0.2, -0.15) is 0 Å². The van der Waals surface area contributed by atoms with E-state index in [0.29, 0.717) is 6.04 Å². The molecule has 0 spiro atoms. The second-order valence-electron chi connectivity index (χ2n) is 5.89. The molecule has 0 aromatic carbocycles. The van der Waals surface area contributed by atoms with Gasteiger partial charge in [-0.15, -0.1) is 0 Å². The van der Waals surface area contributed by atoms with E-state index in [4.69, 9.17) is 0 Å². The number of rotatable bonds is 6. The van der Waals surface area contributed by atoms with Crippen LogP contribution in [0.4, 0.5) is 5.82 Å². The molecule has 20 heavy (non-hydrogen) atoms. The van der Waals surface area contributed by atoms with Crippen molar-refractivity contribution in [2.45, 2.75) is 38.8 Å². The molecule has 0 aliphatic carbocycles. The van der Waals surface area contributed by atoms with Gasteiger partial charge >= 0.3 is 0 Å². The maximum atomic E-state index is 4.48. The summed E-state index contributed by atoms with van der Waals surface area (Å²) in [5, 5.41) is 3.43. The highest BCUT2D eigenvalue weighted by atomic mass is 15.2. The molecule has 1 N–H and O–H groups in total. The molecule has 1 aromatic heterocycles. The van der Waals surface area contributed by atoms with Crippen molar-refractivity contribution in [3.8, 4) is 0 Å². The number of hydrogen-bond acceptors (Lipinski definition) is 4. The van der Waals surface area contributed by atoms with Gasteiger partial charge in [-0.3, -0.25) is 4.90 Å². The van der Waals surface area contributed by atoms with Gasteiger partial charge in [-0.25, -0.2) is 4.98 Å². The Bertz CT molecular complexity index is 399. The van der Waals surface area contributed by atoms with Crippen LogP contribution in [0.3, 0.4) is 0 Å². The number of nitrogens with zero attached hydrogens (tertiary/aromatic N) is 3. The van der Waals surface area contributed by atoms with Crippen LogP contribution in [0.15, 0.2) is 18.3 Å². The minimum Gasteiger partial charge on any atom is -0.370 e. The molecule has 4 nitrogen and oxygen atoms in total. The zero-order valence-electron chi connectivity index (χ0n) is 13.1. The van der Waals surface area contributed by atoms with E-state index in [9.17, 15) is 0 Å². The molecular formula is C16H28N4. The van der Waals surface area contributed by atoms with E-state index < -0.39 is 0 Å². The van der Waals surface area contributed by atoms with Crippen molar-refractivity contribution in [2.75, 3.05) is 39.0 Å². The first kappa shape index (κ1) is 15.3. The summed E-state index contributed by atoms with van der Waals surface area (Å²) in [7, 11) is 4.46. The molecule has 0 unspecified atom stereocenters. The van der Waals surface area contributed by atoms with Crippen molar-refractivity contribution in [1.29, 1.82) is 0 Å². The first-order valence-corrected chi connectivity index (χ1v) is 7.77. The molecule has 2 heterocycles. The van der Waals surface area contributed by atoms with Crippen molar-refractivity contribution in [1.82, 2.24) is 14.8 Å². The molecule has 0 amide bonds. The molecule has 2 rings (SSSR count). The number of nitrogens with one attached hydrogen (secondary N) is 1. The van der Waals surface area contributed by atoms with Crippen LogP contribution in [0.2, 0.25) is 0 Å². The Balaban J connectivity index is 1.94. The third-order valence-electron chi connectivity index (χ3n) is 4.16. The van der Waals surface area contributed by atoms with Gasteiger partial charge in [0.15, 0.2) is 0 Å². The zero-order valence-corrected chi connectivity index (χ0v) is 13.1. The lowest BCUT2D eigenvalue weighted by Gasteiger charge is -2.35. The predicted octanol–water partition coefficient (Wildman–Crippen LogP) is 2.43. The van der Waals surface area contributed by atoms with Crippen molar-refractivity contribution in [3.05, 3.63) is 23.9 Å². The van der Waals surface area contributed by atoms with Crippen LogP contribution in [0, 0.1) is 0 Å². The lowest BCUT2D eigenvalue weighted by atomic mass is 10.0. The lowest BCUT2D eigenvalue weighted by molar-refractivity contribution is 0.139. The molecule has 1 aliphatic rings. The Morgan fingerprint density at radius 2 is 2.15 bits per heavy atom. The summed E-state index contributed by atoms with van der Waals surface area (Å²) < 4.78 is 0. The molecular weight excluding hydrogens is 248 g/mol. The number of hydrogen-bond donors (Lipinski definition) is 1. The molecule has 0 atom stereocenters. The third kappa shape index (κ3) is 4.18. The van der Waals surface area contributed by atoms with E-state index in [1.54, 1.807) is 0 Å². The molecule has 4 heteroatoms. The lowest BCUT2D eigenvalue weighted by Crippen LogP contribution is -2.41. The van der Waals surface area contributed by atoms with Crippen LogP contribution in [0.1, 0.15) is 31.7 Å². The molecule has 112 valence electrons. The first-order valence-electron chi connectivity index (χ1n) is 7.77. The topological polar surface area (TPSA) is 31.4 Å². The number of anilines is 1. The van der Waals surface area contributed by atoms with Crippen molar-refractivity contribution in [3.63, 3.8) is 0 Å². The van der Waals surface area contributed by atoms with Crippen LogP contribution in [-0.2, 0) is 6.54 Å². The Morgan fingerprint density at radius 3 is 2.85 bits per heavy atom. The van der Waals surface area contributed by atoms with Gasteiger partial charge in [0.05, 0.1) is 0 Å². The molecule has 1 aromatic rings. The number of piperidine rings is 1. The Kier molecular flexibility index (Phi) is 5.80. The quantitative estimate of drug-likeness (QED) is 0.864. The summed E-state index contributed by atoms with van der Waals surface area (Å²) in [6.45, 7) is 6.57. The Morgan fingerprint density at radius 1 is 1.40 bits per heavy atom. The molecule has 1 fully saturated rings. The predicted molar refractivity (Wildman–Crippen MR) is 85.0 cm³/mol. The molecule has 1 aliphatic heterocycles. The van der Waals surface area contributed by atoms with Crippen molar-refractivity contribution >= 4 is 5.82 Å². The number of aromatic nitrogens is 1. The van der Waals surface area contributed by atoms with Crippen molar-refractivity contribution < 1.29 is 0 Å². The van der Waals surface area contributed by atoms with Gasteiger partial charge in [-0.05, 0) is 52.5 Å². The van der Waals surface area contributed by atoms with Crippen LogP contribution >= 0.6 is 0 Å². The van der Waals surface area contributed by atoms with E-state index >= 15 is 0 Å². The van der Waals surface area contributed by atoms with Gasteiger partial charge in [0.25, 0.3) is 0 Å². The maximum Gasteiger partial charge on any atom is 0.130 e. The van der Waals surface area contributed by atoms with Gasteiger partial charge in [0.1, 0.15) is 5.82 Å². The number of likely N-dealkylation sites (tertiary alicyclic amines) is 1. The second kappa shape index (κ2) is 7.60. The number of pyridine rings is 1. The van der Waals surface area contributed by atoms with Gasteiger partial charge in [-0.1, -0.05) is 13.0 Å². The Labute approximate surface area is 123 Å². The third-order valence-corrected chi connectivity index (χ3v) is 4.16. The average molecular weight is 276 g/mol. The minimum absolute atomic E-state index is 0.699. The summed E-state index contributed by atoms with van der Waals surface area (Å²) in [6.07, 6.45) is 5.54. The zero-order chi connectivity index (χ0) is 14.4. The summed E-state index contributed by atoms with van der Waals surface area (Å²) in [5.41, 5.74) is 1.31. The molecule has 0 saturated carbocycles. The summed E-state index contributed by atoms with van der Waals surface area (Å²) in [4.78, 5) is 9.39. The maximum absolute atomic E-state index is 4.48. The summed E-state index contributed by atoms with van der Waals surface area (Å²) in [6, 6.07) is 4.93. The summed E-state index contributed by atoms with van der Waals surface area (Å²) >= 11 is 0. The largest absolute Gasteiger partial charge is 0.370 e. The van der Waals surface area contributed by atoms with Crippen molar-refractivity contribution in [2.24, 2.45) is 0 Å². The highest BCUT2D eigenvalue weighted by Gasteiger charge is 2.21. The van der Waals surface area contributed by atoms with Gasteiger partial charge in [0, 0.05) is 30.9 Å². The minimum atomic E-state index is 0.699. The van der Waals surface area contributed by atoms with Gasteiger partial charge in [0.2, 0.25) is 0 Å². The fourth-order valence-electron chi connectivity index (χ4n) is 2.80. The fourth-order valence-corrected chi connectivity index (χ4v) is 2.80. The van der Waals surface area contributed by atoms with E-state index in [1.807, 2.05) is 12.3 Å².